The van der Waals surface area contributed by atoms with Crippen molar-refractivity contribution in [2.45, 2.75) is 25.3 Å². The van der Waals surface area contributed by atoms with Gasteiger partial charge in [0, 0.05) is 29.8 Å². The summed E-state index contributed by atoms with van der Waals surface area (Å²) in [5.41, 5.74) is 2.46. The summed E-state index contributed by atoms with van der Waals surface area (Å²) in [6.07, 6.45) is 0.269. The van der Waals surface area contributed by atoms with E-state index in [1.165, 1.54) is 0 Å². The minimum Gasteiger partial charge on any atom is -0.494 e. The molecule has 0 saturated carbocycles. The van der Waals surface area contributed by atoms with Crippen LogP contribution in [0.5, 0.6) is 17.2 Å². The highest BCUT2D eigenvalue weighted by molar-refractivity contribution is 5.97. The number of amides is 2. The summed E-state index contributed by atoms with van der Waals surface area (Å²) >= 11 is 0. The zero-order chi connectivity index (χ0) is 22.1. The van der Waals surface area contributed by atoms with Crippen LogP contribution in [0.4, 0.5) is 5.69 Å². The highest BCUT2D eigenvalue weighted by Gasteiger charge is 2.36. The zero-order valence-corrected chi connectivity index (χ0v) is 17.8. The number of para-hydroxylation sites is 2. The SMILES string of the molecule is CCOc1ccc(N2C[C@@H](NC(=O)C3c4ccccc4Oc4ccccc43)CC2=O)cc1. The summed E-state index contributed by atoms with van der Waals surface area (Å²) < 4.78 is 11.5. The summed E-state index contributed by atoms with van der Waals surface area (Å²) in [4.78, 5) is 27.8. The molecule has 0 aliphatic carbocycles. The second-order valence-corrected chi connectivity index (χ2v) is 7.95. The maximum Gasteiger partial charge on any atom is 0.232 e. The molecule has 1 N–H and O–H groups in total. The molecule has 0 radical (unpaired) electrons. The average Bonchev–Trinajstić information content (AvgIpc) is 3.17. The lowest BCUT2D eigenvalue weighted by Crippen LogP contribution is -2.40. The normalized spacial score (nSPS) is 17.3. The van der Waals surface area contributed by atoms with Crippen molar-refractivity contribution in [2.24, 2.45) is 0 Å². The fourth-order valence-electron chi connectivity index (χ4n) is 4.42. The Hall–Kier alpha value is -3.80. The van der Waals surface area contributed by atoms with Gasteiger partial charge in [0.1, 0.15) is 17.2 Å². The molecule has 3 aromatic rings. The first-order valence-electron chi connectivity index (χ1n) is 10.8. The molecule has 2 aliphatic rings. The molecule has 32 heavy (non-hydrogen) atoms. The van der Waals surface area contributed by atoms with Crippen molar-refractivity contribution in [3.63, 3.8) is 0 Å². The second-order valence-electron chi connectivity index (χ2n) is 7.95. The van der Waals surface area contributed by atoms with Gasteiger partial charge in [0.2, 0.25) is 11.8 Å². The van der Waals surface area contributed by atoms with E-state index < -0.39 is 5.92 Å². The van der Waals surface area contributed by atoms with E-state index in [0.717, 1.165) is 22.6 Å². The van der Waals surface area contributed by atoms with Crippen molar-refractivity contribution in [1.82, 2.24) is 5.32 Å². The summed E-state index contributed by atoms with van der Waals surface area (Å²) in [6, 6.07) is 22.4. The minimum absolute atomic E-state index is 0.00719. The third-order valence-electron chi connectivity index (χ3n) is 5.87. The van der Waals surface area contributed by atoms with Crippen molar-refractivity contribution in [3.8, 4) is 17.2 Å². The maximum atomic E-state index is 13.4. The molecule has 0 unspecified atom stereocenters. The molecule has 1 fully saturated rings. The minimum atomic E-state index is -0.481. The third-order valence-corrected chi connectivity index (χ3v) is 5.87. The van der Waals surface area contributed by atoms with E-state index in [9.17, 15) is 9.59 Å². The van der Waals surface area contributed by atoms with E-state index in [2.05, 4.69) is 5.32 Å². The van der Waals surface area contributed by atoms with Gasteiger partial charge in [-0.1, -0.05) is 36.4 Å². The topological polar surface area (TPSA) is 67.9 Å². The van der Waals surface area contributed by atoms with Gasteiger partial charge in [-0.2, -0.15) is 0 Å². The van der Waals surface area contributed by atoms with Crippen LogP contribution >= 0.6 is 0 Å². The number of rotatable bonds is 5. The molecule has 6 heteroatoms. The van der Waals surface area contributed by atoms with Crippen LogP contribution in [0.25, 0.3) is 0 Å². The van der Waals surface area contributed by atoms with Crippen molar-refractivity contribution >= 4 is 17.5 Å². The standard InChI is InChI=1S/C26H24N2O4/c1-2-31-19-13-11-18(12-14-19)28-16-17(15-24(28)29)27-26(30)25-20-7-3-5-9-22(20)32-23-10-6-4-8-21(23)25/h3-14,17,25H,2,15-16H2,1H3,(H,27,30)/t17-/m0/s1. The highest BCUT2D eigenvalue weighted by atomic mass is 16.5. The van der Waals surface area contributed by atoms with E-state index in [4.69, 9.17) is 9.47 Å². The third kappa shape index (κ3) is 3.68. The lowest BCUT2D eigenvalue weighted by atomic mass is 9.87. The Morgan fingerprint density at radius 2 is 1.62 bits per heavy atom. The Kier molecular flexibility index (Phi) is 5.27. The van der Waals surface area contributed by atoms with Crippen LogP contribution in [0.2, 0.25) is 0 Å². The average molecular weight is 428 g/mol. The summed E-state index contributed by atoms with van der Waals surface area (Å²) in [6.45, 7) is 2.96. The Bertz CT molecular complexity index is 1110. The van der Waals surface area contributed by atoms with E-state index in [1.807, 2.05) is 79.7 Å². The molecule has 5 rings (SSSR count). The quantitative estimate of drug-likeness (QED) is 0.660. The number of hydrogen-bond donors (Lipinski definition) is 1. The smallest absolute Gasteiger partial charge is 0.232 e. The monoisotopic (exact) mass is 428 g/mol. The van der Waals surface area contributed by atoms with Crippen LogP contribution < -0.4 is 19.7 Å². The number of carbonyl (C=O) groups is 2. The van der Waals surface area contributed by atoms with Crippen molar-refractivity contribution in [1.29, 1.82) is 0 Å². The predicted octanol–water partition coefficient (Wildman–Crippen LogP) is 4.24. The van der Waals surface area contributed by atoms with E-state index in [0.29, 0.717) is 24.7 Å². The number of carbonyl (C=O) groups excluding carboxylic acids is 2. The molecule has 2 amide bonds. The molecule has 0 spiro atoms. The number of fused-ring (bicyclic) bond motifs is 2. The van der Waals surface area contributed by atoms with E-state index >= 15 is 0 Å². The number of anilines is 1. The fraction of sp³-hybridized carbons (Fsp3) is 0.231. The summed E-state index contributed by atoms with van der Waals surface area (Å²) in [5.74, 6) is 1.52. The first-order valence-corrected chi connectivity index (χ1v) is 10.8. The Balaban J connectivity index is 1.34. The van der Waals surface area contributed by atoms with Gasteiger partial charge in [-0.3, -0.25) is 9.59 Å². The van der Waals surface area contributed by atoms with E-state index in [1.54, 1.807) is 4.90 Å². The Morgan fingerprint density at radius 3 is 2.25 bits per heavy atom. The van der Waals surface area contributed by atoms with Crippen LogP contribution in [0.1, 0.15) is 30.4 Å². The maximum absolute atomic E-state index is 13.4. The molecular formula is C26H24N2O4. The molecule has 0 aromatic heterocycles. The molecule has 162 valence electrons. The number of hydrogen-bond acceptors (Lipinski definition) is 4. The zero-order valence-electron chi connectivity index (χ0n) is 17.8. The first kappa shape index (κ1) is 20.1. The summed E-state index contributed by atoms with van der Waals surface area (Å²) in [7, 11) is 0. The predicted molar refractivity (Wildman–Crippen MR) is 121 cm³/mol. The summed E-state index contributed by atoms with van der Waals surface area (Å²) in [5, 5.41) is 3.11. The van der Waals surface area contributed by atoms with Gasteiger partial charge < -0.3 is 19.7 Å². The molecule has 2 aliphatic heterocycles. The molecular weight excluding hydrogens is 404 g/mol. The van der Waals surface area contributed by atoms with Gasteiger partial charge in [0.25, 0.3) is 0 Å². The van der Waals surface area contributed by atoms with Crippen LogP contribution in [0.15, 0.2) is 72.8 Å². The fourth-order valence-corrected chi connectivity index (χ4v) is 4.42. The molecule has 1 atom stereocenters. The molecule has 2 heterocycles. The van der Waals surface area contributed by atoms with Gasteiger partial charge in [-0.05, 0) is 43.3 Å². The van der Waals surface area contributed by atoms with Crippen LogP contribution in [-0.4, -0.2) is 31.0 Å². The second kappa shape index (κ2) is 8.38. The number of nitrogens with zero attached hydrogens (tertiary/aromatic N) is 1. The largest absolute Gasteiger partial charge is 0.494 e. The lowest BCUT2D eigenvalue weighted by Gasteiger charge is -2.28. The Labute approximate surface area is 186 Å². The number of nitrogens with one attached hydrogen (secondary N) is 1. The Morgan fingerprint density at radius 1 is 1.00 bits per heavy atom. The van der Waals surface area contributed by atoms with Gasteiger partial charge in [-0.25, -0.2) is 0 Å². The van der Waals surface area contributed by atoms with Gasteiger partial charge in [0.15, 0.2) is 0 Å². The molecule has 1 saturated heterocycles. The van der Waals surface area contributed by atoms with Crippen molar-refractivity contribution in [2.75, 3.05) is 18.1 Å². The number of benzene rings is 3. The van der Waals surface area contributed by atoms with E-state index in [-0.39, 0.29) is 24.3 Å². The number of ether oxygens (including phenoxy) is 2. The van der Waals surface area contributed by atoms with Gasteiger partial charge >= 0.3 is 0 Å². The van der Waals surface area contributed by atoms with Crippen LogP contribution in [-0.2, 0) is 9.59 Å². The van der Waals surface area contributed by atoms with Crippen LogP contribution in [0, 0.1) is 0 Å². The highest BCUT2D eigenvalue weighted by Crippen LogP contribution is 2.44. The lowest BCUT2D eigenvalue weighted by molar-refractivity contribution is -0.122. The first-order chi connectivity index (χ1) is 15.6. The molecule has 3 aromatic carbocycles. The van der Waals surface area contributed by atoms with Crippen molar-refractivity contribution < 1.29 is 19.1 Å². The van der Waals surface area contributed by atoms with Crippen LogP contribution in [0.3, 0.4) is 0 Å². The molecule has 0 bridgehead atoms. The van der Waals surface area contributed by atoms with Gasteiger partial charge in [0.05, 0.1) is 18.6 Å². The van der Waals surface area contributed by atoms with Crippen molar-refractivity contribution in [3.05, 3.63) is 83.9 Å². The molecule has 6 nitrogen and oxygen atoms in total. The van der Waals surface area contributed by atoms with Gasteiger partial charge in [-0.15, -0.1) is 0 Å².